The van der Waals surface area contributed by atoms with E-state index < -0.39 is 0 Å². The predicted molar refractivity (Wildman–Crippen MR) is 115 cm³/mol. The molecule has 0 bridgehead atoms. The monoisotopic (exact) mass is 421 g/mol. The van der Waals surface area contributed by atoms with Crippen LogP contribution in [0.1, 0.15) is 67.2 Å². The number of rotatable bonds is 4. The van der Waals surface area contributed by atoms with Crippen LogP contribution in [0.4, 0.5) is 5.82 Å². The molecule has 1 aliphatic heterocycles. The lowest BCUT2D eigenvalue weighted by Gasteiger charge is -2.41. The van der Waals surface area contributed by atoms with E-state index in [-0.39, 0.29) is 11.9 Å². The van der Waals surface area contributed by atoms with Crippen molar-refractivity contribution in [2.24, 2.45) is 0 Å². The summed E-state index contributed by atoms with van der Waals surface area (Å²) < 4.78 is 3.78. The Hall–Kier alpha value is -3.30. The molecule has 1 amide bonds. The van der Waals surface area contributed by atoms with Crippen molar-refractivity contribution in [2.75, 3.05) is 19.0 Å². The van der Waals surface area contributed by atoms with Crippen LogP contribution in [0.15, 0.2) is 18.7 Å². The smallest absolute Gasteiger partial charge is 0.273 e. The van der Waals surface area contributed by atoms with Crippen LogP contribution in [0.5, 0.6) is 0 Å². The van der Waals surface area contributed by atoms with Crippen LogP contribution >= 0.6 is 0 Å². The molecular formula is C21H27N9O. The summed E-state index contributed by atoms with van der Waals surface area (Å²) in [5.74, 6) is 3.03. The van der Waals surface area contributed by atoms with Gasteiger partial charge in [-0.1, -0.05) is 19.8 Å². The summed E-state index contributed by atoms with van der Waals surface area (Å²) >= 11 is 0. The molecule has 0 spiro atoms. The van der Waals surface area contributed by atoms with Gasteiger partial charge in [0.1, 0.15) is 23.5 Å². The topological polar surface area (TPSA) is 97.9 Å². The van der Waals surface area contributed by atoms with E-state index >= 15 is 0 Å². The Morgan fingerprint density at radius 1 is 1.19 bits per heavy atom. The molecule has 1 saturated carbocycles. The van der Waals surface area contributed by atoms with Gasteiger partial charge in [0, 0.05) is 26.3 Å². The van der Waals surface area contributed by atoms with Crippen LogP contribution in [0, 0.1) is 6.92 Å². The molecule has 3 aromatic heterocycles. The van der Waals surface area contributed by atoms with Crippen LogP contribution in [0.2, 0.25) is 0 Å². The minimum absolute atomic E-state index is 0.119. The number of hydrogen-bond donors (Lipinski definition) is 0. The van der Waals surface area contributed by atoms with Gasteiger partial charge in [-0.2, -0.15) is 4.98 Å². The van der Waals surface area contributed by atoms with Gasteiger partial charge < -0.3 is 9.80 Å². The fourth-order valence-corrected chi connectivity index (χ4v) is 4.75. The van der Waals surface area contributed by atoms with Crippen LogP contribution in [0.25, 0.3) is 11.6 Å². The van der Waals surface area contributed by atoms with Crippen molar-refractivity contribution in [3.05, 3.63) is 36.1 Å². The Bertz CT molecular complexity index is 1130. The highest BCUT2D eigenvalue weighted by Gasteiger charge is 2.39. The van der Waals surface area contributed by atoms with Gasteiger partial charge in [-0.15, -0.1) is 10.2 Å². The number of hydrogen-bond acceptors (Lipinski definition) is 7. The van der Waals surface area contributed by atoms with E-state index in [4.69, 9.17) is 4.98 Å². The molecule has 2 aliphatic rings. The lowest BCUT2D eigenvalue weighted by Crippen LogP contribution is -2.42. The van der Waals surface area contributed by atoms with E-state index in [1.54, 1.807) is 31.2 Å². The summed E-state index contributed by atoms with van der Waals surface area (Å²) in [5.41, 5.74) is 1.27. The Morgan fingerprint density at radius 2 is 1.97 bits per heavy atom. The van der Waals surface area contributed by atoms with Gasteiger partial charge >= 0.3 is 0 Å². The van der Waals surface area contributed by atoms with E-state index in [9.17, 15) is 4.79 Å². The van der Waals surface area contributed by atoms with E-state index in [1.807, 2.05) is 13.1 Å². The van der Waals surface area contributed by atoms with Crippen LogP contribution < -0.4 is 4.90 Å². The average molecular weight is 422 g/mol. The highest BCUT2D eigenvalue weighted by Crippen LogP contribution is 2.43. The first-order chi connectivity index (χ1) is 15.0. The van der Waals surface area contributed by atoms with E-state index in [0.29, 0.717) is 17.7 Å². The van der Waals surface area contributed by atoms with E-state index in [2.05, 4.69) is 36.6 Å². The molecule has 0 unspecified atom stereocenters. The van der Waals surface area contributed by atoms with E-state index in [1.165, 1.54) is 17.7 Å². The first-order valence-corrected chi connectivity index (χ1v) is 10.8. The first kappa shape index (κ1) is 19.7. The highest BCUT2D eigenvalue weighted by molar-refractivity contribution is 5.91. The molecule has 162 valence electrons. The molecule has 0 aromatic carbocycles. The largest absolute Gasteiger partial charge is 0.343 e. The third-order valence-corrected chi connectivity index (χ3v) is 6.25. The normalized spacial score (nSPS) is 18.2. The number of carbonyl (C=O) groups excluding carboxylic acids is 1. The molecule has 10 heteroatoms. The first-order valence-electron chi connectivity index (χ1n) is 10.8. The Balaban J connectivity index is 1.63. The molecule has 1 atom stereocenters. The summed E-state index contributed by atoms with van der Waals surface area (Å²) in [6, 6.07) is 0.541. The van der Waals surface area contributed by atoms with Crippen molar-refractivity contribution < 1.29 is 4.79 Å². The number of carbonyl (C=O) groups is 1. The van der Waals surface area contributed by atoms with Crippen molar-refractivity contribution in [3.8, 4) is 11.6 Å². The molecule has 1 fully saturated rings. The molecule has 0 radical (unpaired) electrons. The predicted octanol–water partition coefficient (Wildman–Crippen LogP) is 2.47. The molecule has 1 aliphatic carbocycles. The third-order valence-electron chi connectivity index (χ3n) is 6.25. The van der Waals surface area contributed by atoms with Gasteiger partial charge in [-0.3, -0.25) is 13.9 Å². The van der Waals surface area contributed by atoms with Gasteiger partial charge in [0.15, 0.2) is 11.6 Å². The number of imidazole rings is 1. The van der Waals surface area contributed by atoms with Crippen molar-refractivity contribution >= 4 is 11.7 Å². The number of anilines is 1. The summed E-state index contributed by atoms with van der Waals surface area (Å²) in [7, 11) is 3.42. The SMILES string of the molecule is CC[C@@H]1c2nnc(C)n2-c2cnc(-n3cnc(C(=O)N(C)C)c3)nc2N1C1CCCC1. The quantitative estimate of drug-likeness (QED) is 0.638. The molecule has 0 saturated heterocycles. The summed E-state index contributed by atoms with van der Waals surface area (Å²) in [4.78, 5) is 30.0. The van der Waals surface area contributed by atoms with Crippen molar-refractivity contribution in [3.63, 3.8) is 0 Å². The van der Waals surface area contributed by atoms with Crippen molar-refractivity contribution in [1.82, 2.24) is 39.2 Å². The number of aryl methyl sites for hydroxylation is 1. The van der Waals surface area contributed by atoms with Crippen LogP contribution in [-0.2, 0) is 0 Å². The fourth-order valence-electron chi connectivity index (χ4n) is 4.75. The van der Waals surface area contributed by atoms with E-state index in [0.717, 1.165) is 42.4 Å². The van der Waals surface area contributed by atoms with Crippen LogP contribution in [-0.4, -0.2) is 65.2 Å². The number of aromatic nitrogens is 7. The Morgan fingerprint density at radius 3 is 2.68 bits per heavy atom. The van der Waals surface area contributed by atoms with Gasteiger partial charge in [0.25, 0.3) is 5.91 Å². The van der Waals surface area contributed by atoms with Gasteiger partial charge in [0.05, 0.1) is 12.2 Å². The molecule has 3 aromatic rings. The third kappa shape index (κ3) is 3.08. The number of fused-ring (bicyclic) bond motifs is 3. The van der Waals surface area contributed by atoms with Gasteiger partial charge in [0.2, 0.25) is 5.95 Å². The second-order valence-electron chi connectivity index (χ2n) is 8.46. The molecular weight excluding hydrogens is 394 g/mol. The minimum Gasteiger partial charge on any atom is -0.343 e. The molecule has 31 heavy (non-hydrogen) atoms. The van der Waals surface area contributed by atoms with Crippen LogP contribution in [0.3, 0.4) is 0 Å². The van der Waals surface area contributed by atoms with Crippen molar-refractivity contribution in [1.29, 1.82) is 0 Å². The maximum atomic E-state index is 12.3. The zero-order valence-corrected chi connectivity index (χ0v) is 18.4. The zero-order chi connectivity index (χ0) is 21.7. The van der Waals surface area contributed by atoms with Gasteiger partial charge in [-0.25, -0.2) is 9.97 Å². The second kappa shape index (κ2) is 7.44. The molecule has 10 nitrogen and oxygen atoms in total. The Kier molecular flexibility index (Phi) is 4.71. The maximum absolute atomic E-state index is 12.3. The van der Waals surface area contributed by atoms with Gasteiger partial charge in [-0.05, 0) is 26.2 Å². The second-order valence-corrected chi connectivity index (χ2v) is 8.46. The highest BCUT2D eigenvalue weighted by atomic mass is 16.2. The lowest BCUT2D eigenvalue weighted by molar-refractivity contribution is 0.0822. The number of amides is 1. The maximum Gasteiger partial charge on any atom is 0.273 e. The molecule has 0 N–H and O–H groups in total. The minimum atomic E-state index is -0.153. The zero-order valence-electron chi connectivity index (χ0n) is 18.4. The standard InChI is InChI=1S/C21H27N9O/c1-5-16-19-26-25-13(2)29(19)17-10-22-21(24-18(17)30(16)14-8-6-7-9-14)28-11-15(23-12-28)20(31)27(3)4/h10-12,14,16H,5-9H2,1-4H3/t16-/m1/s1. The molecule has 5 rings (SSSR count). The lowest BCUT2D eigenvalue weighted by atomic mass is 10.0. The van der Waals surface area contributed by atoms with Crippen molar-refractivity contribution in [2.45, 2.75) is 58.0 Å². The average Bonchev–Trinajstić information content (AvgIpc) is 3.53. The summed E-state index contributed by atoms with van der Waals surface area (Å²) in [5, 5.41) is 8.86. The Labute approximate surface area is 180 Å². The summed E-state index contributed by atoms with van der Waals surface area (Å²) in [6.45, 7) is 4.14. The number of nitrogens with zero attached hydrogens (tertiary/aromatic N) is 9. The summed E-state index contributed by atoms with van der Waals surface area (Å²) in [6.07, 6.45) is 10.8. The molecule has 4 heterocycles. The fraction of sp³-hybridized carbons (Fsp3) is 0.524.